The van der Waals surface area contributed by atoms with Crippen LogP contribution in [0.2, 0.25) is 0 Å². The molecule has 1 aromatic rings. The minimum Gasteiger partial charge on any atom is -0.480 e. The quantitative estimate of drug-likeness (QED) is 0.775. The molecule has 0 bridgehead atoms. The summed E-state index contributed by atoms with van der Waals surface area (Å²) >= 11 is 3.15. The summed E-state index contributed by atoms with van der Waals surface area (Å²) in [5, 5.41) is 13.5. The number of rotatable bonds is 5. The average molecular weight is 333 g/mol. The van der Waals surface area contributed by atoms with E-state index in [9.17, 15) is 14.0 Å². The van der Waals surface area contributed by atoms with E-state index >= 15 is 0 Å². The van der Waals surface area contributed by atoms with Crippen molar-refractivity contribution in [1.82, 2.24) is 5.32 Å². The monoisotopic (exact) mass is 332 g/mol. The molecule has 5 nitrogen and oxygen atoms in total. The van der Waals surface area contributed by atoms with Gasteiger partial charge in [0.1, 0.15) is 11.9 Å². The first-order chi connectivity index (χ1) is 8.93. The van der Waals surface area contributed by atoms with E-state index in [4.69, 9.17) is 5.11 Å². The second-order valence-corrected chi connectivity index (χ2v) is 4.82. The maximum absolute atomic E-state index is 13.4. The average Bonchev–Trinajstić information content (AvgIpc) is 2.33. The van der Waals surface area contributed by atoms with Crippen molar-refractivity contribution in [2.45, 2.75) is 25.8 Å². The third kappa shape index (κ3) is 4.86. The van der Waals surface area contributed by atoms with Gasteiger partial charge in [-0.1, -0.05) is 29.3 Å². The number of carboxylic acids is 1. The van der Waals surface area contributed by atoms with Gasteiger partial charge in [-0.15, -0.1) is 0 Å². The maximum atomic E-state index is 13.4. The number of carbonyl (C=O) groups is 2. The SMILES string of the molecule is CCC[C@H](NC(=O)Nc1cc(Br)ccc1F)C(=O)O. The van der Waals surface area contributed by atoms with Crippen LogP contribution in [0.4, 0.5) is 14.9 Å². The van der Waals surface area contributed by atoms with Crippen molar-refractivity contribution in [3.8, 4) is 0 Å². The van der Waals surface area contributed by atoms with Crippen molar-refractivity contribution in [3.05, 3.63) is 28.5 Å². The summed E-state index contributed by atoms with van der Waals surface area (Å²) in [6.07, 6.45) is 0.923. The minimum atomic E-state index is -1.12. The summed E-state index contributed by atoms with van der Waals surface area (Å²) in [5.41, 5.74) is -0.0208. The van der Waals surface area contributed by atoms with Gasteiger partial charge in [0, 0.05) is 4.47 Å². The second kappa shape index (κ2) is 7.08. The molecule has 0 aromatic heterocycles. The fraction of sp³-hybridized carbons (Fsp3) is 0.333. The van der Waals surface area contributed by atoms with Gasteiger partial charge in [0.2, 0.25) is 0 Å². The number of hydrogen-bond acceptors (Lipinski definition) is 2. The first kappa shape index (κ1) is 15.4. The highest BCUT2D eigenvalue weighted by molar-refractivity contribution is 9.10. The molecular formula is C12H14BrFN2O3. The second-order valence-electron chi connectivity index (χ2n) is 3.90. The largest absolute Gasteiger partial charge is 0.480 e. The van der Waals surface area contributed by atoms with E-state index < -0.39 is 23.9 Å². The van der Waals surface area contributed by atoms with Crippen molar-refractivity contribution < 1.29 is 19.1 Å². The number of carboxylic acid groups (broad SMARTS) is 1. The van der Waals surface area contributed by atoms with E-state index in [1.54, 1.807) is 0 Å². The van der Waals surface area contributed by atoms with E-state index in [-0.39, 0.29) is 5.69 Å². The van der Waals surface area contributed by atoms with Gasteiger partial charge >= 0.3 is 12.0 Å². The van der Waals surface area contributed by atoms with E-state index in [0.29, 0.717) is 17.3 Å². The van der Waals surface area contributed by atoms with Gasteiger partial charge in [-0.3, -0.25) is 0 Å². The number of hydrogen-bond donors (Lipinski definition) is 3. The summed E-state index contributed by atoms with van der Waals surface area (Å²) in [5.74, 6) is -1.72. The molecule has 0 aliphatic carbocycles. The van der Waals surface area contributed by atoms with Crippen molar-refractivity contribution >= 4 is 33.6 Å². The van der Waals surface area contributed by atoms with E-state index in [2.05, 4.69) is 26.6 Å². The first-order valence-corrected chi connectivity index (χ1v) is 6.48. The third-order valence-corrected chi connectivity index (χ3v) is 2.85. The zero-order valence-corrected chi connectivity index (χ0v) is 11.8. The molecule has 1 rings (SSSR count). The normalized spacial score (nSPS) is 11.7. The Bertz CT molecular complexity index is 482. The molecule has 0 saturated heterocycles. The number of amides is 2. The van der Waals surface area contributed by atoms with Crippen LogP contribution in [0.5, 0.6) is 0 Å². The summed E-state index contributed by atoms with van der Waals surface area (Å²) in [6.45, 7) is 1.81. The zero-order chi connectivity index (χ0) is 14.4. The lowest BCUT2D eigenvalue weighted by molar-refractivity contribution is -0.139. The van der Waals surface area contributed by atoms with Crippen molar-refractivity contribution in [1.29, 1.82) is 0 Å². The molecule has 0 fully saturated rings. The van der Waals surface area contributed by atoms with Crippen LogP contribution in [-0.4, -0.2) is 23.1 Å². The Morgan fingerprint density at radius 1 is 1.47 bits per heavy atom. The minimum absolute atomic E-state index is 0.0208. The summed E-state index contributed by atoms with van der Waals surface area (Å²) in [7, 11) is 0. The fourth-order valence-electron chi connectivity index (χ4n) is 1.46. The van der Waals surface area contributed by atoms with E-state index in [1.165, 1.54) is 18.2 Å². The lowest BCUT2D eigenvalue weighted by atomic mass is 10.2. The maximum Gasteiger partial charge on any atom is 0.326 e. The number of aliphatic carboxylic acids is 1. The first-order valence-electron chi connectivity index (χ1n) is 5.69. The van der Waals surface area contributed by atoms with E-state index in [0.717, 1.165) is 0 Å². The highest BCUT2D eigenvalue weighted by Gasteiger charge is 2.19. The number of urea groups is 1. The number of benzene rings is 1. The Morgan fingerprint density at radius 3 is 2.74 bits per heavy atom. The number of nitrogens with one attached hydrogen (secondary N) is 2. The Balaban J connectivity index is 2.68. The van der Waals surface area contributed by atoms with Crippen LogP contribution < -0.4 is 10.6 Å². The van der Waals surface area contributed by atoms with Gasteiger partial charge < -0.3 is 15.7 Å². The van der Waals surface area contributed by atoms with Crippen LogP contribution in [0.15, 0.2) is 22.7 Å². The van der Waals surface area contributed by atoms with E-state index in [1.807, 2.05) is 6.92 Å². The summed E-state index contributed by atoms with van der Waals surface area (Å²) in [4.78, 5) is 22.5. The lowest BCUT2D eigenvalue weighted by Gasteiger charge is -2.14. The molecule has 0 aliphatic heterocycles. The Hall–Kier alpha value is -1.63. The Morgan fingerprint density at radius 2 is 2.16 bits per heavy atom. The Labute approximate surface area is 118 Å². The molecule has 0 spiro atoms. The van der Waals surface area contributed by atoms with Crippen LogP contribution in [-0.2, 0) is 4.79 Å². The third-order valence-electron chi connectivity index (χ3n) is 2.36. The van der Waals surface area contributed by atoms with Crippen LogP contribution in [0, 0.1) is 5.82 Å². The Kier molecular flexibility index (Phi) is 5.75. The topological polar surface area (TPSA) is 78.4 Å². The highest BCUT2D eigenvalue weighted by Crippen LogP contribution is 2.19. The molecule has 104 valence electrons. The van der Waals surface area contributed by atoms with Crippen LogP contribution in [0.25, 0.3) is 0 Å². The number of carbonyl (C=O) groups excluding carboxylic acids is 1. The standard InChI is InChI=1S/C12H14BrFN2O3/c1-2-3-9(11(17)18)15-12(19)16-10-6-7(13)4-5-8(10)14/h4-6,9H,2-3H2,1H3,(H,17,18)(H2,15,16,19)/t9-/m0/s1. The lowest BCUT2D eigenvalue weighted by Crippen LogP contribution is -2.43. The van der Waals surface area contributed by atoms with Crippen molar-refractivity contribution in [3.63, 3.8) is 0 Å². The predicted molar refractivity (Wildman–Crippen MR) is 72.6 cm³/mol. The molecule has 0 radical (unpaired) electrons. The van der Waals surface area contributed by atoms with Crippen LogP contribution >= 0.6 is 15.9 Å². The van der Waals surface area contributed by atoms with Crippen molar-refractivity contribution in [2.24, 2.45) is 0 Å². The molecule has 1 atom stereocenters. The number of anilines is 1. The molecule has 7 heteroatoms. The number of halogens is 2. The van der Waals surface area contributed by atoms with Gasteiger partial charge in [-0.2, -0.15) is 0 Å². The summed E-state index contributed by atoms with van der Waals surface area (Å²) in [6, 6.07) is 2.35. The molecule has 1 aromatic carbocycles. The molecule has 0 unspecified atom stereocenters. The molecule has 0 aliphatic rings. The molecule has 3 N–H and O–H groups in total. The zero-order valence-electron chi connectivity index (χ0n) is 10.2. The van der Waals surface area contributed by atoms with Crippen LogP contribution in [0.3, 0.4) is 0 Å². The summed E-state index contributed by atoms with van der Waals surface area (Å²) < 4.78 is 14.0. The molecule has 0 saturated carbocycles. The molecule has 19 heavy (non-hydrogen) atoms. The van der Waals surface area contributed by atoms with Gasteiger partial charge in [-0.05, 0) is 24.6 Å². The smallest absolute Gasteiger partial charge is 0.326 e. The fourth-order valence-corrected chi connectivity index (χ4v) is 1.82. The predicted octanol–water partition coefficient (Wildman–Crippen LogP) is 2.96. The van der Waals surface area contributed by atoms with Crippen molar-refractivity contribution in [2.75, 3.05) is 5.32 Å². The van der Waals surface area contributed by atoms with Gasteiger partial charge in [0.05, 0.1) is 5.69 Å². The molecule has 0 heterocycles. The molecular weight excluding hydrogens is 319 g/mol. The van der Waals surface area contributed by atoms with Gasteiger partial charge in [-0.25, -0.2) is 14.0 Å². The molecule has 2 amide bonds. The van der Waals surface area contributed by atoms with Crippen LogP contribution in [0.1, 0.15) is 19.8 Å². The van der Waals surface area contributed by atoms with Gasteiger partial charge in [0.25, 0.3) is 0 Å². The highest BCUT2D eigenvalue weighted by atomic mass is 79.9. The van der Waals surface area contributed by atoms with Gasteiger partial charge in [0.15, 0.2) is 0 Å².